The first-order valence-corrected chi connectivity index (χ1v) is 13.5. The Bertz CT molecular complexity index is 2000. The van der Waals surface area contributed by atoms with E-state index in [2.05, 4.69) is 115 Å². The first-order valence-electron chi connectivity index (χ1n) is 13.5. The zero-order chi connectivity index (χ0) is 27.9. The van der Waals surface area contributed by atoms with Crippen molar-refractivity contribution in [3.8, 4) is 39.3 Å². The van der Waals surface area contributed by atoms with Crippen molar-refractivity contribution in [3.63, 3.8) is 0 Å². The van der Waals surface area contributed by atoms with Gasteiger partial charge in [-0.15, -0.1) is 0 Å². The predicted octanol–water partition coefficient (Wildman–Crippen LogP) is 9.14. The summed E-state index contributed by atoms with van der Waals surface area (Å²) in [5.74, 6) is 1.79. The molecule has 41 heavy (non-hydrogen) atoms. The molecule has 0 aliphatic heterocycles. The molecule has 0 N–H and O–H groups in total. The van der Waals surface area contributed by atoms with Crippen molar-refractivity contribution in [2.24, 2.45) is 0 Å². The average molecular weight is 528 g/mol. The van der Waals surface area contributed by atoms with E-state index < -0.39 is 0 Å². The number of aryl methyl sites for hydroxylation is 2. The van der Waals surface area contributed by atoms with Crippen molar-refractivity contribution in [1.29, 1.82) is 0 Å². The minimum atomic E-state index is 0.501. The molecule has 0 radical (unpaired) electrons. The smallest absolute Gasteiger partial charge is 0.200 e. The van der Waals surface area contributed by atoms with Gasteiger partial charge in [-0.1, -0.05) is 91.0 Å². The number of aromatic nitrogens is 4. The molecule has 0 aliphatic carbocycles. The van der Waals surface area contributed by atoms with E-state index in [-0.39, 0.29) is 0 Å². The summed E-state index contributed by atoms with van der Waals surface area (Å²) in [5, 5.41) is 2.33. The molecule has 0 bridgehead atoms. The summed E-state index contributed by atoms with van der Waals surface area (Å²) < 4.78 is 2.27. The first-order chi connectivity index (χ1) is 20.1. The molecule has 0 unspecified atom stereocenters. The van der Waals surface area contributed by atoms with Crippen LogP contribution in [-0.2, 0) is 0 Å². The number of benzene rings is 5. The van der Waals surface area contributed by atoms with Gasteiger partial charge in [0, 0.05) is 22.0 Å². The predicted molar refractivity (Wildman–Crippen MR) is 166 cm³/mol. The van der Waals surface area contributed by atoms with Crippen LogP contribution in [0.2, 0.25) is 0 Å². The van der Waals surface area contributed by atoms with Gasteiger partial charge < -0.3 is 4.57 Å². The maximum atomic E-state index is 8.03. The van der Waals surface area contributed by atoms with E-state index in [1.54, 1.807) is 0 Å². The van der Waals surface area contributed by atoms with E-state index in [4.69, 9.17) is 6.57 Å². The van der Waals surface area contributed by atoms with Crippen LogP contribution < -0.4 is 0 Å². The zero-order valence-electron chi connectivity index (χ0n) is 22.7. The largest absolute Gasteiger partial charge is 0.310 e. The van der Waals surface area contributed by atoms with Gasteiger partial charge in [0.15, 0.2) is 11.5 Å². The van der Waals surface area contributed by atoms with Crippen molar-refractivity contribution in [2.75, 3.05) is 0 Å². The minimum Gasteiger partial charge on any atom is -0.310 e. The molecule has 2 heterocycles. The molecule has 194 valence electrons. The molecule has 0 spiro atoms. The van der Waals surface area contributed by atoms with Gasteiger partial charge >= 0.3 is 0 Å². The van der Waals surface area contributed by atoms with Crippen molar-refractivity contribution in [2.45, 2.75) is 13.8 Å². The van der Waals surface area contributed by atoms with Crippen LogP contribution in [0.1, 0.15) is 11.6 Å². The number of fused-ring (bicyclic) bond motifs is 3. The van der Waals surface area contributed by atoms with E-state index in [0.29, 0.717) is 28.7 Å². The van der Waals surface area contributed by atoms with Gasteiger partial charge in [-0.2, -0.15) is 0 Å². The van der Waals surface area contributed by atoms with Gasteiger partial charge in [-0.3, -0.25) is 0 Å². The molecule has 7 rings (SSSR count). The molecule has 2 aromatic heterocycles. The number of hydrogen-bond acceptors (Lipinski definition) is 3. The third kappa shape index (κ3) is 4.32. The van der Waals surface area contributed by atoms with Crippen molar-refractivity contribution in [3.05, 3.63) is 138 Å². The van der Waals surface area contributed by atoms with E-state index in [1.165, 1.54) is 0 Å². The lowest BCUT2D eigenvalue weighted by Gasteiger charge is -2.12. The lowest BCUT2D eigenvalue weighted by atomic mass is 10.0. The Morgan fingerprint density at radius 1 is 0.561 bits per heavy atom. The summed E-state index contributed by atoms with van der Waals surface area (Å²) in [7, 11) is 0. The lowest BCUT2D eigenvalue weighted by molar-refractivity contribution is 0.929. The third-order valence-corrected chi connectivity index (χ3v) is 7.44. The highest BCUT2D eigenvalue weighted by Gasteiger charge is 2.17. The number of nitrogens with zero attached hydrogens (tertiary/aromatic N) is 5. The lowest BCUT2D eigenvalue weighted by Crippen LogP contribution is -2.00. The molecule has 0 amide bonds. The summed E-state index contributed by atoms with van der Waals surface area (Å²) in [6, 6.07) is 40.1. The standard InChI is InChI=1S/C36H25N5/c1-23-38-24(2)40-36(39-23)32-19-16-29(22-33(32)37-3)41-34-20-27(25-10-6-4-7-11-25)14-17-30(34)31-18-15-28(21-35(31)41)26-12-8-5-9-13-26/h4-22H,1-2H3. The van der Waals surface area contributed by atoms with E-state index in [9.17, 15) is 0 Å². The monoisotopic (exact) mass is 527 g/mol. The van der Waals surface area contributed by atoms with Crippen LogP contribution in [0, 0.1) is 20.4 Å². The summed E-state index contributed by atoms with van der Waals surface area (Å²) in [6.07, 6.45) is 0. The highest BCUT2D eigenvalue weighted by molar-refractivity contribution is 6.11. The van der Waals surface area contributed by atoms with Gasteiger partial charge in [-0.25, -0.2) is 19.8 Å². The molecular weight excluding hydrogens is 502 g/mol. The van der Waals surface area contributed by atoms with Crippen LogP contribution in [0.3, 0.4) is 0 Å². The topological polar surface area (TPSA) is 48.0 Å². The number of hydrogen-bond donors (Lipinski definition) is 0. The summed E-state index contributed by atoms with van der Waals surface area (Å²) in [6.45, 7) is 11.7. The average Bonchev–Trinajstić information content (AvgIpc) is 3.34. The quantitative estimate of drug-likeness (QED) is 0.214. The fourth-order valence-corrected chi connectivity index (χ4v) is 5.59. The minimum absolute atomic E-state index is 0.501. The van der Waals surface area contributed by atoms with Crippen molar-refractivity contribution in [1.82, 2.24) is 19.5 Å². The fraction of sp³-hybridized carbons (Fsp3) is 0.0556. The molecule has 7 aromatic rings. The second kappa shape index (κ2) is 9.86. The Kier molecular flexibility index (Phi) is 5.88. The molecule has 5 nitrogen and oxygen atoms in total. The highest BCUT2D eigenvalue weighted by atomic mass is 15.0. The van der Waals surface area contributed by atoms with Gasteiger partial charge in [0.25, 0.3) is 0 Å². The Morgan fingerprint density at radius 2 is 1.10 bits per heavy atom. The normalized spacial score (nSPS) is 11.1. The second-order valence-electron chi connectivity index (χ2n) is 10.1. The van der Waals surface area contributed by atoms with Crippen LogP contribution in [0.25, 0.3) is 66.0 Å². The molecular formula is C36H25N5. The summed E-state index contributed by atoms with van der Waals surface area (Å²) >= 11 is 0. The molecule has 0 aliphatic rings. The van der Waals surface area contributed by atoms with Crippen LogP contribution in [-0.4, -0.2) is 19.5 Å². The summed E-state index contributed by atoms with van der Waals surface area (Å²) in [4.78, 5) is 17.3. The third-order valence-electron chi connectivity index (χ3n) is 7.44. The zero-order valence-corrected chi connectivity index (χ0v) is 22.7. The van der Waals surface area contributed by atoms with Gasteiger partial charge in [0.2, 0.25) is 0 Å². The molecule has 5 heteroatoms. The van der Waals surface area contributed by atoms with Crippen LogP contribution >= 0.6 is 0 Å². The van der Waals surface area contributed by atoms with Crippen LogP contribution in [0.5, 0.6) is 0 Å². The number of rotatable bonds is 4. The first kappa shape index (κ1) is 24.4. The molecule has 0 atom stereocenters. The Morgan fingerprint density at radius 3 is 1.61 bits per heavy atom. The Balaban J connectivity index is 1.50. The molecule has 0 saturated heterocycles. The summed E-state index contributed by atoms with van der Waals surface area (Å²) in [5.41, 5.74) is 8.89. The Hall–Kier alpha value is -5.60. The maximum Gasteiger partial charge on any atom is 0.200 e. The molecule has 0 saturated carbocycles. The maximum absolute atomic E-state index is 8.03. The van der Waals surface area contributed by atoms with E-state index in [0.717, 1.165) is 49.7 Å². The van der Waals surface area contributed by atoms with Crippen LogP contribution in [0.15, 0.2) is 115 Å². The van der Waals surface area contributed by atoms with Crippen molar-refractivity contribution >= 4 is 27.5 Å². The van der Waals surface area contributed by atoms with Gasteiger partial charge in [-0.05, 0) is 60.4 Å². The highest BCUT2D eigenvalue weighted by Crippen LogP contribution is 2.39. The Labute approximate surface area is 238 Å². The second-order valence-corrected chi connectivity index (χ2v) is 10.1. The van der Waals surface area contributed by atoms with Gasteiger partial charge in [0.05, 0.1) is 17.6 Å². The van der Waals surface area contributed by atoms with E-state index in [1.807, 2.05) is 38.1 Å². The van der Waals surface area contributed by atoms with E-state index >= 15 is 0 Å². The SMILES string of the molecule is [C-]#[N+]c1cc(-n2c3cc(-c4ccccc4)ccc3c3ccc(-c4ccccc4)cc32)ccc1-c1nc(C)nc(C)n1. The molecule has 0 fully saturated rings. The van der Waals surface area contributed by atoms with Gasteiger partial charge in [0.1, 0.15) is 11.6 Å². The van der Waals surface area contributed by atoms with Crippen molar-refractivity contribution < 1.29 is 0 Å². The van der Waals surface area contributed by atoms with Crippen LogP contribution in [0.4, 0.5) is 5.69 Å². The fourth-order valence-electron chi connectivity index (χ4n) is 5.59. The molecule has 5 aromatic carbocycles.